The molecule has 3 heterocycles. The molecule has 5 rings (SSSR count). The molecule has 9 heteroatoms. The number of aliphatic hydroxyl groups is 1. The number of nitrogens with zero attached hydrogens (tertiary/aromatic N) is 3. The van der Waals surface area contributed by atoms with Crippen molar-refractivity contribution in [1.29, 1.82) is 0 Å². The van der Waals surface area contributed by atoms with Gasteiger partial charge in [0, 0.05) is 51.7 Å². The Kier molecular flexibility index (Phi) is 9.26. The summed E-state index contributed by atoms with van der Waals surface area (Å²) in [5.41, 5.74) is 4.24. The van der Waals surface area contributed by atoms with Crippen molar-refractivity contribution in [3.63, 3.8) is 0 Å². The minimum Gasteiger partial charge on any atom is -0.490 e. The van der Waals surface area contributed by atoms with E-state index in [9.17, 15) is 5.11 Å². The van der Waals surface area contributed by atoms with E-state index in [1.54, 1.807) is 19.5 Å². The van der Waals surface area contributed by atoms with E-state index in [1.807, 2.05) is 30.3 Å². The number of aryl methyl sites for hydroxylation is 1. The third-order valence-electron chi connectivity index (χ3n) is 7.30. The van der Waals surface area contributed by atoms with Gasteiger partial charge in [-0.3, -0.25) is 0 Å². The van der Waals surface area contributed by atoms with E-state index in [0.29, 0.717) is 38.1 Å². The van der Waals surface area contributed by atoms with E-state index in [1.165, 1.54) is 0 Å². The highest BCUT2D eigenvalue weighted by Crippen LogP contribution is 2.34. The van der Waals surface area contributed by atoms with E-state index in [0.717, 1.165) is 60.7 Å². The Labute approximate surface area is 230 Å². The zero-order chi connectivity index (χ0) is 27.0. The van der Waals surface area contributed by atoms with Crippen molar-refractivity contribution in [3.8, 4) is 17.5 Å². The van der Waals surface area contributed by atoms with Crippen molar-refractivity contribution in [1.82, 2.24) is 15.3 Å². The molecule has 1 saturated heterocycles. The first-order chi connectivity index (χ1) is 19.1. The highest BCUT2D eigenvalue weighted by atomic mass is 16.5. The van der Waals surface area contributed by atoms with Crippen molar-refractivity contribution >= 4 is 5.69 Å². The van der Waals surface area contributed by atoms with Gasteiger partial charge in [-0.1, -0.05) is 25.1 Å². The first-order valence-electron chi connectivity index (χ1n) is 13.7. The molecule has 3 unspecified atom stereocenters. The van der Waals surface area contributed by atoms with Crippen LogP contribution < -0.4 is 19.7 Å². The quantitative estimate of drug-likeness (QED) is 0.357. The molecular weight excluding hydrogens is 496 g/mol. The monoisotopic (exact) mass is 534 g/mol. The number of fused-ring (bicyclic) bond motifs is 1. The Hall–Kier alpha value is -3.24. The lowest BCUT2D eigenvalue weighted by Crippen LogP contribution is -2.49. The third-order valence-corrected chi connectivity index (χ3v) is 7.30. The van der Waals surface area contributed by atoms with Gasteiger partial charge in [0.25, 0.3) is 0 Å². The molecule has 39 heavy (non-hydrogen) atoms. The molecule has 9 nitrogen and oxygen atoms in total. The first-order valence-corrected chi connectivity index (χ1v) is 13.7. The molecule has 2 aromatic carbocycles. The van der Waals surface area contributed by atoms with Gasteiger partial charge < -0.3 is 34.3 Å². The fourth-order valence-electron chi connectivity index (χ4n) is 5.16. The highest BCUT2D eigenvalue weighted by molar-refractivity contribution is 5.61. The topological polar surface area (TPSA) is 98.2 Å². The van der Waals surface area contributed by atoms with Crippen LogP contribution in [-0.2, 0) is 22.5 Å². The van der Waals surface area contributed by atoms with Crippen LogP contribution in [0.25, 0.3) is 0 Å². The fourth-order valence-corrected chi connectivity index (χ4v) is 5.16. The van der Waals surface area contributed by atoms with Gasteiger partial charge in [0.05, 0.1) is 31.0 Å². The lowest BCUT2D eigenvalue weighted by atomic mass is 9.85. The van der Waals surface area contributed by atoms with Crippen LogP contribution in [0.15, 0.2) is 54.9 Å². The number of ether oxygens (including phenoxy) is 4. The summed E-state index contributed by atoms with van der Waals surface area (Å²) in [7, 11) is 1.73. The zero-order valence-electron chi connectivity index (χ0n) is 22.7. The lowest BCUT2D eigenvalue weighted by molar-refractivity contribution is -0.0328. The van der Waals surface area contributed by atoms with E-state index >= 15 is 0 Å². The van der Waals surface area contributed by atoms with Gasteiger partial charge in [0.15, 0.2) is 0 Å². The van der Waals surface area contributed by atoms with Crippen molar-refractivity contribution in [2.45, 2.75) is 44.5 Å². The number of piperidine rings is 1. The summed E-state index contributed by atoms with van der Waals surface area (Å²) in [6.45, 7) is 6.89. The van der Waals surface area contributed by atoms with Gasteiger partial charge in [-0.15, -0.1) is 0 Å². The summed E-state index contributed by atoms with van der Waals surface area (Å²) in [5, 5.41) is 14.2. The molecule has 3 atom stereocenters. The largest absolute Gasteiger partial charge is 0.490 e. The molecule has 0 saturated carbocycles. The Morgan fingerprint density at radius 3 is 2.67 bits per heavy atom. The number of rotatable bonds is 11. The summed E-state index contributed by atoms with van der Waals surface area (Å²) >= 11 is 0. The molecule has 0 radical (unpaired) electrons. The first kappa shape index (κ1) is 27.3. The number of hydrogen-bond donors (Lipinski definition) is 2. The van der Waals surface area contributed by atoms with Crippen LogP contribution in [0, 0.1) is 0 Å². The second-order valence-electron chi connectivity index (χ2n) is 9.98. The summed E-state index contributed by atoms with van der Waals surface area (Å²) in [6, 6.07) is 14.3. The van der Waals surface area contributed by atoms with Crippen LogP contribution >= 0.6 is 0 Å². The Morgan fingerprint density at radius 2 is 1.90 bits per heavy atom. The molecule has 2 N–H and O–H groups in total. The fraction of sp³-hybridized carbons (Fsp3) is 0.467. The molecule has 1 aromatic heterocycles. The normalized spacial score (nSPS) is 20.8. The Morgan fingerprint density at radius 1 is 1.08 bits per heavy atom. The van der Waals surface area contributed by atoms with Crippen molar-refractivity contribution in [2.24, 2.45) is 0 Å². The average molecular weight is 535 g/mol. The number of aliphatic hydroxyl groups excluding tert-OH is 1. The van der Waals surface area contributed by atoms with Gasteiger partial charge in [-0.05, 0) is 53.8 Å². The number of methoxy groups -OCH3 is 1. The van der Waals surface area contributed by atoms with Crippen LogP contribution in [0.3, 0.4) is 0 Å². The third kappa shape index (κ3) is 6.86. The summed E-state index contributed by atoms with van der Waals surface area (Å²) in [6.07, 6.45) is 4.65. The number of β-amino-alcohol motifs (C(OH)–C–C–N with tert-alkyl or cyclic N) is 1. The van der Waals surface area contributed by atoms with Crippen molar-refractivity contribution < 1.29 is 24.1 Å². The van der Waals surface area contributed by atoms with E-state index in [2.05, 4.69) is 39.2 Å². The maximum atomic E-state index is 10.9. The predicted octanol–water partition coefficient (Wildman–Crippen LogP) is 3.70. The smallest absolute Gasteiger partial charge is 0.321 e. The Balaban J connectivity index is 1.24. The van der Waals surface area contributed by atoms with Crippen LogP contribution in [0.4, 0.5) is 5.69 Å². The van der Waals surface area contributed by atoms with Gasteiger partial charge in [0.2, 0.25) is 0 Å². The molecule has 208 valence electrons. The molecule has 2 aliphatic heterocycles. The highest BCUT2D eigenvalue weighted by Gasteiger charge is 2.34. The minimum absolute atomic E-state index is 0.160. The number of anilines is 1. The minimum atomic E-state index is -0.561. The van der Waals surface area contributed by atoms with E-state index in [-0.39, 0.29) is 12.0 Å². The van der Waals surface area contributed by atoms with Gasteiger partial charge in [-0.2, -0.15) is 0 Å². The van der Waals surface area contributed by atoms with Gasteiger partial charge >= 0.3 is 6.01 Å². The van der Waals surface area contributed by atoms with Gasteiger partial charge in [0.1, 0.15) is 18.1 Å². The predicted molar refractivity (Wildman–Crippen MR) is 149 cm³/mol. The molecule has 2 aliphatic rings. The summed E-state index contributed by atoms with van der Waals surface area (Å²) in [4.78, 5) is 10.9. The van der Waals surface area contributed by atoms with Gasteiger partial charge in [-0.25, -0.2) is 9.97 Å². The maximum absolute atomic E-state index is 10.9. The molecule has 0 spiro atoms. The van der Waals surface area contributed by atoms with Crippen molar-refractivity contribution in [3.05, 3.63) is 71.5 Å². The van der Waals surface area contributed by atoms with Crippen LogP contribution in [0.1, 0.15) is 36.0 Å². The molecule has 0 amide bonds. The molecule has 0 aliphatic carbocycles. The Bertz CT molecular complexity index is 1190. The number of hydrogen-bond acceptors (Lipinski definition) is 9. The van der Waals surface area contributed by atoms with E-state index < -0.39 is 6.10 Å². The standard InChI is InChI=1S/C30H38N4O5/c1-3-21-16-32-30(33-17-21)39-24-8-6-23(7-9-24)29-26(35)18-31-19-28(29)38-20-22-5-10-27-25(15-22)34(12-14-37-27)11-4-13-36-2/h5-10,15-17,26,28-29,31,35H,3-4,11-14,18-20H2,1-2H3. The summed E-state index contributed by atoms with van der Waals surface area (Å²) < 4.78 is 23.4. The number of nitrogens with one attached hydrogen (secondary N) is 1. The lowest BCUT2D eigenvalue weighted by Gasteiger charge is -2.36. The summed E-state index contributed by atoms with van der Waals surface area (Å²) in [5.74, 6) is 1.39. The van der Waals surface area contributed by atoms with Crippen molar-refractivity contribution in [2.75, 3.05) is 51.4 Å². The van der Waals surface area contributed by atoms with Crippen LogP contribution in [0.2, 0.25) is 0 Å². The average Bonchev–Trinajstić information content (AvgIpc) is 2.97. The molecular formula is C30H38N4O5. The van der Waals surface area contributed by atoms with Crippen LogP contribution in [0.5, 0.6) is 17.5 Å². The molecule has 1 fully saturated rings. The second-order valence-corrected chi connectivity index (χ2v) is 9.98. The number of benzene rings is 2. The van der Waals surface area contributed by atoms with Crippen LogP contribution in [-0.4, -0.2) is 73.8 Å². The molecule has 3 aromatic rings. The zero-order valence-corrected chi connectivity index (χ0v) is 22.7. The SMILES string of the molecule is CCc1cnc(Oc2ccc(C3C(O)CNCC3OCc3ccc4c(c3)N(CCCOC)CCO4)cc2)nc1. The maximum Gasteiger partial charge on any atom is 0.321 e. The second kappa shape index (κ2) is 13.2. The number of aromatic nitrogens is 2. The van der Waals surface area contributed by atoms with E-state index in [4.69, 9.17) is 18.9 Å². The molecule has 0 bridgehead atoms.